The van der Waals surface area contributed by atoms with E-state index >= 15 is 0 Å². The van der Waals surface area contributed by atoms with Crippen LogP contribution >= 0.6 is 0 Å². The molecule has 0 aliphatic heterocycles. The van der Waals surface area contributed by atoms with Crippen LogP contribution in [0.25, 0.3) is 0 Å². The standard InChI is InChI=1S/C21H46NO2/c1-4-5-6-7-8-9-10-11-12-13-14-15-16-17-18-19-20-21(2)22(3,23)24/h21,23-24H,4-20H2,1-3H3/q+1. The maximum absolute atomic E-state index is 9.40. The molecule has 24 heavy (non-hydrogen) atoms. The third-order valence-electron chi connectivity index (χ3n) is 5.31. The average Bonchev–Trinajstić information content (AvgIpc) is 2.53. The van der Waals surface area contributed by atoms with Gasteiger partial charge in [0.05, 0.1) is 0 Å². The van der Waals surface area contributed by atoms with Crippen LogP contribution in [-0.2, 0) is 0 Å². The third kappa shape index (κ3) is 16.7. The summed E-state index contributed by atoms with van der Waals surface area (Å²) < 4.78 is 0. The van der Waals surface area contributed by atoms with Gasteiger partial charge in [-0.15, -0.1) is 0 Å². The Hall–Kier alpha value is -0.120. The Morgan fingerprint density at radius 3 is 1.17 bits per heavy atom. The van der Waals surface area contributed by atoms with Gasteiger partial charge in [-0.25, -0.2) is 0 Å². The lowest BCUT2D eigenvalue weighted by Gasteiger charge is -2.23. The molecule has 0 aromatic heterocycles. The molecular formula is C21H46NO2+. The van der Waals surface area contributed by atoms with Crippen LogP contribution in [0.2, 0.25) is 0 Å². The summed E-state index contributed by atoms with van der Waals surface area (Å²) in [5, 5.41) is 18.8. The van der Waals surface area contributed by atoms with Crippen LogP contribution in [0.5, 0.6) is 0 Å². The summed E-state index contributed by atoms with van der Waals surface area (Å²) in [6.07, 6.45) is 22.9. The molecule has 2 N–H and O–H groups in total. The summed E-state index contributed by atoms with van der Waals surface area (Å²) in [5.74, 6) is 0. The zero-order chi connectivity index (χ0) is 18.1. The van der Waals surface area contributed by atoms with E-state index in [4.69, 9.17) is 0 Å². The van der Waals surface area contributed by atoms with Gasteiger partial charge in [0.15, 0.2) is 0 Å². The van der Waals surface area contributed by atoms with Crippen molar-refractivity contribution in [2.24, 2.45) is 0 Å². The SMILES string of the molecule is CCCCCCCCCCCCCCCCCCC(C)[N+](C)(O)O. The molecule has 0 saturated heterocycles. The molecule has 0 aromatic carbocycles. The van der Waals surface area contributed by atoms with Gasteiger partial charge >= 0.3 is 0 Å². The highest BCUT2D eigenvalue weighted by molar-refractivity contribution is 4.52. The first-order chi connectivity index (χ1) is 11.5. The topological polar surface area (TPSA) is 40.5 Å². The van der Waals surface area contributed by atoms with Gasteiger partial charge in [-0.2, -0.15) is 10.4 Å². The molecule has 0 fully saturated rings. The first-order valence-electron chi connectivity index (χ1n) is 10.8. The fourth-order valence-electron chi connectivity index (χ4n) is 3.23. The molecule has 0 amide bonds. The minimum atomic E-state index is -0.890. The van der Waals surface area contributed by atoms with E-state index in [0.717, 1.165) is 12.8 Å². The molecule has 0 aromatic rings. The van der Waals surface area contributed by atoms with Crippen molar-refractivity contribution in [1.29, 1.82) is 0 Å². The van der Waals surface area contributed by atoms with E-state index in [1.807, 2.05) is 6.92 Å². The quantitative estimate of drug-likeness (QED) is 0.156. The summed E-state index contributed by atoms with van der Waals surface area (Å²) in [6.45, 7) is 4.17. The Balaban J connectivity index is 3.10. The molecule has 3 nitrogen and oxygen atoms in total. The van der Waals surface area contributed by atoms with Gasteiger partial charge in [0.1, 0.15) is 13.1 Å². The Bertz CT molecular complexity index is 251. The molecule has 0 rings (SSSR count). The van der Waals surface area contributed by atoms with Crippen LogP contribution in [0.4, 0.5) is 0 Å². The van der Waals surface area contributed by atoms with Crippen LogP contribution < -0.4 is 0 Å². The average molecular weight is 345 g/mol. The van der Waals surface area contributed by atoms with Crippen molar-refractivity contribution in [2.45, 2.75) is 129 Å². The van der Waals surface area contributed by atoms with Crippen LogP contribution in [0.3, 0.4) is 0 Å². The van der Waals surface area contributed by atoms with Gasteiger partial charge in [0.25, 0.3) is 0 Å². The van der Waals surface area contributed by atoms with E-state index in [1.165, 1.54) is 103 Å². The molecule has 0 saturated carbocycles. The van der Waals surface area contributed by atoms with Gasteiger partial charge in [-0.05, 0) is 18.2 Å². The minimum Gasteiger partial charge on any atom is -0.182 e. The molecule has 1 unspecified atom stereocenters. The van der Waals surface area contributed by atoms with Crippen molar-refractivity contribution in [2.75, 3.05) is 7.05 Å². The molecule has 0 bridgehead atoms. The summed E-state index contributed by atoms with van der Waals surface area (Å²) >= 11 is 0. The fourth-order valence-corrected chi connectivity index (χ4v) is 3.23. The summed E-state index contributed by atoms with van der Waals surface area (Å²) in [5.41, 5.74) is 0. The van der Waals surface area contributed by atoms with Crippen molar-refractivity contribution in [3.63, 3.8) is 0 Å². The molecule has 0 spiro atoms. The normalized spacial score (nSPS) is 13.4. The summed E-state index contributed by atoms with van der Waals surface area (Å²) in [4.78, 5) is -0.890. The first kappa shape index (κ1) is 23.9. The number of unbranched alkanes of at least 4 members (excludes halogenated alkanes) is 15. The van der Waals surface area contributed by atoms with Gasteiger partial charge in [-0.3, -0.25) is 0 Å². The van der Waals surface area contributed by atoms with E-state index in [9.17, 15) is 10.4 Å². The Morgan fingerprint density at radius 1 is 0.583 bits per heavy atom. The van der Waals surface area contributed by atoms with Gasteiger partial charge in [0.2, 0.25) is 0 Å². The molecule has 3 heteroatoms. The maximum atomic E-state index is 9.40. The molecule has 0 aliphatic rings. The fraction of sp³-hybridized carbons (Fsp3) is 1.00. The number of hydrogen-bond acceptors (Lipinski definition) is 2. The molecule has 0 aliphatic carbocycles. The Morgan fingerprint density at radius 2 is 0.875 bits per heavy atom. The van der Waals surface area contributed by atoms with Crippen LogP contribution in [0.15, 0.2) is 0 Å². The molecule has 0 radical (unpaired) electrons. The second-order valence-electron chi connectivity index (χ2n) is 7.92. The maximum Gasteiger partial charge on any atom is 0.149 e. The summed E-state index contributed by atoms with van der Waals surface area (Å²) in [6, 6.07) is -0.0864. The summed E-state index contributed by atoms with van der Waals surface area (Å²) in [7, 11) is 1.43. The zero-order valence-corrected chi connectivity index (χ0v) is 16.9. The minimum absolute atomic E-state index is 0.0864. The highest BCUT2D eigenvalue weighted by Gasteiger charge is 2.24. The van der Waals surface area contributed by atoms with Gasteiger partial charge < -0.3 is 0 Å². The van der Waals surface area contributed by atoms with Crippen molar-refractivity contribution in [3.05, 3.63) is 0 Å². The lowest BCUT2D eigenvalue weighted by atomic mass is 10.0. The molecule has 0 heterocycles. The lowest BCUT2D eigenvalue weighted by molar-refractivity contribution is -1.25. The zero-order valence-electron chi connectivity index (χ0n) is 16.9. The van der Waals surface area contributed by atoms with E-state index in [2.05, 4.69) is 6.92 Å². The van der Waals surface area contributed by atoms with Crippen molar-refractivity contribution >= 4 is 0 Å². The Labute approximate surface area is 152 Å². The number of quaternary nitrogens is 1. The van der Waals surface area contributed by atoms with Crippen LogP contribution in [0, 0.1) is 0 Å². The molecule has 1 atom stereocenters. The number of nitrogens with zero attached hydrogens (tertiary/aromatic N) is 1. The van der Waals surface area contributed by atoms with Crippen molar-refractivity contribution < 1.29 is 15.2 Å². The smallest absolute Gasteiger partial charge is 0.149 e. The van der Waals surface area contributed by atoms with E-state index in [1.54, 1.807) is 0 Å². The van der Waals surface area contributed by atoms with Crippen molar-refractivity contribution in [3.8, 4) is 0 Å². The largest absolute Gasteiger partial charge is 0.182 e. The highest BCUT2D eigenvalue weighted by atomic mass is 16.8. The van der Waals surface area contributed by atoms with E-state index in [0.29, 0.717) is 0 Å². The lowest BCUT2D eigenvalue weighted by Crippen LogP contribution is -2.44. The molecule has 146 valence electrons. The second-order valence-corrected chi connectivity index (χ2v) is 7.92. The predicted octanol–water partition coefficient (Wildman–Crippen LogP) is 7.25. The second kappa shape index (κ2) is 16.4. The molecular weight excluding hydrogens is 298 g/mol. The van der Waals surface area contributed by atoms with Crippen LogP contribution in [0.1, 0.15) is 123 Å². The van der Waals surface area contributed by atoms with E-state index < -0.39 is 4.81 Å². The van der Waals surface area contributed by atoms with E-state index in [-0.39, 0.29) is 6.04 Å². The monoisotopic (exact) mass is 344 g/mol. The number of hydroxylamine groups is 4. The number of rotatable bonds is 18. The predicted molar refractivity (Wildman–Crippen MR) is 103 cm³/mol. The first-order valence-corrected chi connectivity index (χ1v) is 10.8. The van der Waals surface area contributed by atoms with Gasteiger partial charge in [0, 0.05) is 6.42 Å². The van der Waals surface area contributed by atoms with Crippen LogP contribution in [-0.4, -0.2) is 28.3 Å². The van der Waals surface area contributed by atoms with Gasteiger partial charge in [-0.1, -0.05) is 103 Å². The third-order valence-corrected chi connectivity index (χ3v) is 5.31. The highest BCUT2D eigenvalue weighted by Crippen LogP contribution is 2.15. The number of hydrogen-bond donors (Lipinski definition) is 2. The Kier molecular flexibility index (Phi) is 16.3. The van der Waals surface area contributed by atoms with Crippen molar-refractivity contribution in [1.82, 2.24) is 0 Å².